The molecule has 4 aromatic carbocycles. The van der Waals surface area contributed by atoms with Crippen molar-refractivity contribution in [3.63, 3.8) is 0 Å². The predicted octanol–water partition coefficient (Wildman–Crippen LogP) is 5.71. The summed E-state index contributed by atoms with van der Waals surface area (Å²) in [5.74, 6) is 1.11. The summed E-state index contributed by atoms with van der Waals surface area (Å²) in [4.78, 5) is 40.0. The maximum atomic E-state index is 13.4. The molecule has 0 aliphatic rings. The van der Waals surface area contributed by atoms with Crippen molar-refractivity contribution in [2.24, 2.45) is 0 Å². The average Bonchev–Trinajstić information content (AvgIpc) is 3.25. The van der Waals surface area contributed by atoms with Gasteiger partial charge in [-0.1, -0.05) is 12.1 Å². The van der Waals surface area contributed by atoms with Gasteiger partial charge in [0.15, 0.2) is 0 Å². The number of benzene rings is 4. The Morgan fingerprint density at radius 2 is 0.873 bits per heavy atom. The molecule has 0 aliphatic carbocycles. The van der Waals surface area contributed by atoms with Crippen molar-refractivity contribution in [3.05, 3.63) is 130 Å². The van der Waals surface area contributed by atoms with E-state index in [1.54, 1.807) is 48.5 Å². The van der Waals surface area contributed by atoms with Gasteiger partial charge in [0, 0.05) is 45.0 Å². The summed E-state index contributed by atoms with van der Waals surface area (Å²) in [5.41, 5.74) is 27.5. The van der Waals surface area contributed by atoms with Crippen LogP contribution in [0.5, 0.6) is 11.5 Å². The molecule has 0 atom stereocenters. The molecule has 0 bridgehead atoms. The molecule has 27 heteroatoms. The summed E-state index contributed by atoms with van der Waals surface area (Å²) < 4.78 is 115. The van der Waals surface area contributed by atoms with Gasteiger partial charge < -0.3 is 43.0 Å². The molecule has 0 saturated carbocycles. The fourth-order valence-electron chi connectivity index (χ4n) is 6.46. The number of anilines is 6. The SMILES string of the molecule is Cc1ccc(C(=O)Nc2ccc(OCCCc3c(C)nc(N)nc3N)cc2)cc1S(=O)(=O)F.Cc1ccc(C(=O)Nc2ccc(OCCCc3c(C)nc(N)nc3N)cc2)cc1S(=O)(=O)F.O=S(=O)(O)O. The minimum Gasteiger partial charge on any atom is -0.494 e. The molecule has 71 heavy (non-hydrogen) atoms. The topological polar surface area (TPSA) is 375 Å². The van der Waals surface area contributed by atoms with Crippen LogP contribution in [0.3, 0.4) is 0 Å². The maximum absolute atomic E-state index is 13.4. The smallest absolute Gasteiger partial charge is 0.394 e. The number of hydrogen-bond donors (Lipinski definition) is 8. The standard InChI is InChI=1S/2C22H24FN5O4S.H2O4S/c2*1-13-5-6-15(12-19(13)33(23,30)31)21(29)27-16-7-9-17(10-8-16)32-11-3-4-18-14(2)26-22(25)28-20(18)24;1-5(2,3)4/h2*5-10,12H,3-4,11H2,1-2H3,(H,27,29)(H4,24,25,26,28);(H2,1,2,3,4). The van der Waals surface area contributed by atoms with E-state index in [0.717, 1.165) is 34.6 Å². The summed E-state index contributed by atoms with van der Waals surface area (Å²) in [6.07, 6.45) is 2.65. The van der Waals surface area contributed by atoms with E-state index in [-0.39, 0.29) is 34.2 Å². The number of ether oxygens (including phenoxy) is 2. The van der Waals surface area contributed by atoms with E-state index in [1.165, 1.54) is 38.1 Å². The fourth-order valence-corrected chi connectivity index (χ4v) is 7.90. The first kappa shape index (κ1) is 56.0. The van der Waals surface area contributed by atoms with E-state index in [0.29, 0.717) is 73.4 Å². The Hall–Kier alpha value is -7.59. The zero-order chi connectivity index (χ0) is 52.8. The van der Waals surface area contributed by atoms with Gasteiger partial charge in [0.05, 0.1) is 13.2 Å². The van der Waals surface area contributed by atoms with Gasteiger partial charge >= 0.3 is 30.8 Å². The summed E-state index contributed by atoms with van der Waals surface area (Å²) in [6, 6.07) is 21.0. The van der Waals surface area contributed by atoms with Gasteiger partial charge in [-0.05, 0) is 137 Å². The monoisotopic (exact) mass is 1040 g/mol. The van der Waals surface area contributed by atoms with Gasteiger partial charge in [0.25, 0.3) is 11.8 Å². The molecule has 22 nitrogen and oxygen atoms in total. The molecule has 380 valence electrons. The molecular formula is C44H50F2N10O12S3. The quantitative estimate of drug-likeness (QED) is 0.0327. The molecule has 6 aromatic rings. The minimum absolute atomic E-state index is 0.0263. The van der Waals surface area contributed by atoms with Crippen molar-refractivity contribution >= 4 is 77.6 Å². The first-order chi connectivity index (χ1) is 33.1. The van der Waals surface area contributed by atoms with Crippen LogP contribution in [0.25, 0.3) is 0 Å². The Morgan fingerprint density at radius 3 is 1.17 bits per heavy atom. The van der Waals surface area contributed by atoms with Crippen LogP contribution < -0.4 is 43.0 Å². The van der Waals surface area contributed by atoms with E-state index in [2.05, 4.69) is 30.6 Å². The van der Waals surface area contributed by atoms with Crippen molar-refractivity contribution in [2.45, 2.75) is 63.2 Å². The molecule has 0 radical (unpaired) electrons. The highest BCUT2D eigenvalue weighted by Gasteiger charge is 2.20. The van der Waals surface area contributed by atoms with Gasteiger partial charge in [0.1, 0.15) is 32.9 Å². The molecule has 6 rings (SSSR count). The van der Waals surface area contributed by atoms with Crippen LogP contribution >= 0.6 is 0 Å². The van der Waals surface area contributed by atoms with E-state index in [4.69, 9.17) is 49.9 Å². The number of hydrogen-bond acceptors (Lipinski definition) is 18. The lowest BCUT2D eigenvalue weighted by Gasteiger charge is -2.11. The highest BCUT2D eigenvalue weighted by Crippen LogP contribution is 2.24. The normalized spacial score (nSPS) is 11.3. The number of carbonyl (C=O) groups is 2. The number of halogens is 2. The third kappa shape index (κ3) is 18.0. The number of nitrogens with one attached hydrogen (secondary N) is 2. The molecule has 0 aliphatic heterocycles. The summed E-state index contributed by atoms with van der Waals surface area (Å²) in [7, 11) is -14.5. The number of nitrogens with zero attached hydrogens (tertiary/aromatic N) is 4. The lowest BCUT2D eigenvalue weighted by molar-refractivity contribution is 0.101. The van der Waals surface area contributed by atoms with Crippen LogP contribution in [-0.2, 0) is 43.7 Å². The zero-order valence-corrected chi connectivity index (χ0v) is 40.8. The Kier molecular flexibility index (Phi) is 19.2. The summed E-state index contributed by atoms with van der Waals surface area (Å²) >= 11 is 0. The van der Waals surface area contributed by atoms with Crippen molar-refractivity contribution < 1.29 is 61.2 Å². The molecule has 0 fully saturated rings. The molecule has 0 spiro atoms. The molecule has 2 amide bonds. The largest absolute Gasteiger partial charge is 0.494 e. The number of amides is 2. The second-order valence-electron chi connectivity index (χ2n) is 15.2. The van der Waals surface area contributed by atoms with Crippen LogP contribution in [-0.4, -0.2) is 79.3 Å². The van der Waals surface area contributed by atoms with Crippen LogP contribution in [0.1, 0.15) is 67.2 Å². The first-order valence-corrected chi connectivity index (χ1v) is 24.9. The summed E-state index contributed by atoms with van der Waals surface area (Å²) in [6.45, 7) is 7.41. The van der Waals surface area contributed by atoms with Crippen LogP contribution in [0.2, 0.25) is 0 Å². The third-order valence-electron chi connectivity index (χ3n) is 9.86. The Bertz CT molecular complexity index is 2970. The number of nitrogens with two attached hydrogens (primary N) is 4. The molecule has 0 unspecified atom stereocenters. The number of aromatic nitrogens is 4. The fraction of sp³-hybridized carbons (Fsp3) is 0.227. The van der Waals surface area contributed by atoms with Gasteiger partial charge in [-0.25, -0.2) is 9.97 Å². The molecular weight excluding hydrogens is 995 g/mol. The van der Waals surface area contributed by atoms with Crippen LogP contribution in [0.15, 0.2) is 94.7 Å². The molecule has 2 aromatic heterocycles. The summed E-state index contributed by atoms with van der Waals surface area (Å²) in [5, 5.41) is 5.28. The van der Waals surface area contributed by atoms with E-state index in [1.807, 2.05) is 13.8 Å². The number of aryl methyl sites for hydroxylation is 4. The predicted molar refractivity (Wildman–Crippen MR) is 261 cm³/mol. The van der Waals surface area contributed by atoms with Crippen molar-refractivity contribution in [2.75, 3.05) is 46.8 Å². The lowest BCUT2D eigenvalue weighted by atomic mass is 10.1. The average molecular weight is 1050 g/mol. The maximum Gasteiger partial charge on any atom is 0.394 e. The number of nitrogen functional groups attached to an aromatic ring is 4. The minimum atomic E-state index is -4.92. The van der Waals surface area contributed by atoms with Crippen molar-refractivity contribution in [1.29, 1.82) is 0 Å². The second kappa shape index (κ2) is 24.3. The molecule has 0 saturated heterocycles. The van der Waals surface area contributed by atoms with Crippen LogP contribution in [0, 0.1) is 27.7 Å². The van der Waals surface area contributed by atoms with Crippen molar-refractivity contribution in [3.8, 4) is 11.5 Å². The molecule has 12 N–H and O–H groups in total. The van der Waals surface area contributed by atoms with Crippen LogP contribution in [0.4, 0.5) is 42.7 Å². The van der Waals surface area contributed by atoms with Gasteiger partial charge in [0.2, 0.25) is 11.9 Å². The number of rotatable bonds is 16. The highest BCUT2D eigenvalue weighted by atomic mass is 32.3. The van der Waals surface area contributed by atoms with Gasteiger partial charge in [-0.15, -0.1) is 7.77 Å². The van der Waals surface area contributed by atoms with E-state index >= 15 is 0 Å². The lowest BCUT2D eigenvalue weighted by Crippen LogP contribution is -2.13. The first-order valence-electron chi connectivity index (χ1n) is 20.7. The third-order valence-corrected chi connectivity index (χ3v) is 11.8. The number of carbonyl (C=O) groups excluding carboxylic acids is 2. The van der Waals surface area contributed by atoms with Gasteiger partial charge in [-0.3, -0.25) is 18.7 Å². The van der Waals surface area contributed by atoms with E-state index < -0.39 is 52.5 Å². The highest BCUT2D eigenvalue weighted by molar-refractivity contribution is 7.86. The molecule has 2 heterocycles. The van der Waals surface area contributed by atoms with E-state index in [9.17, 15) is 34.2 Å². The van der Waals surface area contributed by atoms with Crippen molar-refractivity contribution in [1.82, 2.24) is 19.9 Å². The second-order valence-corrected chi connectivity index (χ2v) is 18.7. The zero-order valence-electron chi connectivity index (χ0n) is 38.4. The Morgan fingerprint density at radius 1 is 0.549 bits per heavy atom. The Labute approximate surface area is 408 Å². The Balaban J connectivity index is 0.000000282. The van der Waals surface area contributed by atoms with Gasteiger partial charge in [-0.2, -0.15) is 35.2 Å².